The van der Waals surface area contributed by atoms with E-state index in [-0.39, 0.29) is 35.5 Å². The van der Waals surface area contributed by atoms with Gasteiger partial charge in [-0.1, -0.05) is 36.4 Å². The van der Waals surface area contributed by atoms with Crippen LogP contribution in [0.4, 0.5) is 10.1 Å². The van der Waals surface area contributed by atoms with Gasteiger partial charge in [-0.2, -0.15) is 0 Å². The molecule has 0 atom stereocenters. The Kier molecular flexibility index (Phi) is 10.0. The van der Waals surface area contributed by atoms with Crippen LogP contribution in [0, 0.1) is 15.9 Å². The summed E-state index contributed by atoms with van der Waals surface area (Å²) in [6.45, 7) is 4.03. The molecular weight excluding hydrogens is 603 g/mol. The lowest BCUT2D eigenvalue weighted by Gasteiger charge is -2.17. The van der Waals surface area contributed by atoms with Gasteiger partial charge < -0.3 is 24.3 Å². The quantitative estimate of drug-likeness (QED) is 0.0951. The number of nitro groups is 1. The van der Waals surface area contributed by atoms with Gasteiger partial charge in [-0.3, -0.25) is 14.9 Å². The molecule has 0 aromatic heterocycles. The molecule has 1 amide bonds. The summed E-state index contributed by atoms with van der Waals surface area (Å²) in [5, 5.41) is 14.0. The first-order valence-corrected chi connectivity index (χ1v) is 14.8. The van der Waals surface area contributed by atoms with Crippen LogP contribution in [0.25, 0.3) is 17.2 Å². The molecule has 0 unspecified atom stereocenters. The number of rotatable bonds is 12. The van der Waals surface area contributed by atoms with E-state index >= 15 is 0 Å². The van der Waals surface area contributed by atoms with Gasteiger partial charge in [0, 0.05) is 18.7 Å². The number of fused-ring (bicyclic) bond motifs is 1. The van der Waals surface area contributed by atoms with Crippen molar-refractivity contribution in [3.8, 4) is 23.0 Å². The van der Waals surface area contributed by atoms with Crippen molar-refractivity contribution < 1.29 is 33.1 Å². The molecule has 9 nitrogen and oxygen atoms in total. The predicted octanol–water partition coefficient (Wildman–Crippen LogP) is 8.10. The molecule has 0 spiro atoms. The smallest absolute Gasteiger partial charge is 0.285 e. The van der Waals surface area contributed by atoms with Crippen LogP contribution < -0.4 is 24.3 Å². The predicted molar refractivity (Wildman–Crippen MR) is 177 cm³/mol. The zero-order valence-corrected chi connectivity index (χ0v) is 26.3. The molecule has 0 bridgehead atoms. The van der Waals surface area contributed by atoms with Gasteiger partial charge in [-0.25, -0.2) is 4.39 Å². The number of carbonyl (C=O) groups is 1. The third-order valence-corrected chi connectivity index (χ3v) is 7.62. The van der Waals surface area contributed by atoms with Crippen molar-refractivity contribution in [1.29, 1.82) is 0 Å². The molecule has 5 rings (SSSR count). The third kappa shape index (κ3) is 7.50. The highest BCUT2D eigenvalue weighted by atomic mass is 19.1. The van der Waals surface area contributed by atoms with Gasteiger partial charge in [-0.15, -0.1) is 0 Å². The topological polar surface area (TPSA) is 109 Å². The third-order valence-electron chi connectivity index (χ3n) is 7.62. The molecule has 0 radical (unpaired) electrons. The number of benzene rings is 4. The first kappa shape index (κ1) is 32.5. The fourth-order valence-electron chi connectivity index (χ4n) is 5.24. The molecule has 240 valence electrons. The Hall–Kier alpha value is -5.90. The lowest BCUT2D eigenvalue weighted by Crippen LogP contribution is -2.22. The Morgan fingerprint density at radius 1 is 0.915 bits per heavy atom. The summed E-state index contributed by atoms with van der Waals surface area (Å²) >= 11 is 0. The number of hydrogen-bond acceptors (Lipinski definition) is 7. The maximum Gasteiger partial charge on any atom is 0.285 e. The van der Waals surface area contributed by atoms with Crippen LogP contribution in [0.1, 0.15) is 42.5 Å². The van der Waals surface area contributed by atoms with Crippen LogP contribution in [0.15, 0.2) is 103 Å². The highest BCUT2D eigenvalue weighted by Crippen LogP contribution is 2.46. The minimum Gasteiger partial charge on any atom is -0.493 e. The zero-order valence-electron chi connectivity index (χ0n) is 26.3. The van der Waals surface area contributed by atoms with Gasteiger partial charge >= 0.3 is 0 Å². The Bertz CT molecular complexity index is 1870. The number of nitrogens with one attached hydrogen (secondary N) is 1. The minimum absolute atomic E-state index is 0.0631. The van der Waals surface area contributed by atoms with Crippen molar-refractivity contribution in [1.82, 2.24) is 5.32 Å². The van der Waals surface area contributed by atoms with Gasteiger partial charge in [0.15, 0.2) is 11.5 Å². The zero-order chi connectivity index (χ0) is 33.5. The summed E-state index contributed by atoms with van der Waals surface area (Å²) in [5.41, 5.74) is 5.54. The van der Waals surface area contributed by atoms with Crippen LogP contribution in [-0.4, -0.2) is 25.1 Å². The number of hydrogen-bond donors (Lipinski definition) is 1. The molecule has 1 aliphatic carbocycles. The fourth-order valence-corrected chi connectivity index (χ4v) is 5.24. The number of nitro benzene ring substituents is 1. The number of non-ortho nitro benzene ring substituents is 1. The molecule has 10 heteroatoms. The molecule has 47 heavy (non-hydrogen) atoms. The standard InChI is InChI=1S/C37H33FN2O7/c1-5-36(46-28-14-12-27(13-15-28)40(42)43)47-37-33(44-3)18-25(19-34(37)45-4)17-30-23(2)31(32-20-26(38)11-16-29(30)32)21-35(41)39-22-24-9-7-6-8-10-24/h5-20H,21-22H2,1-4H3,(H,39,41)/b30-17-,36-5?. The van der Waals surface area contributed by atoms with E-state index in [1.54, 1.807) is 31.2 Å². The second kappa shape index (κ2) is 14.5. The van der Waals surface area contributed by atoms with E-state index < -0.39 is 4.92 Å². The second-order valence-electron chi connectivity index (χ2n) is 10.6. The maximum absolute atomic E-state index is 14.5. The summed E-state index contributed by atoms with van der Waals surface area (Å²) in [6, 6.07) is 23.4. The van der Waals surface area contributed by atoms with E-state index in [1.165, 1.54) is 50.6 Å². The van der Waals surface area contributed by atoms with Gasteiger partial charge in [0.25, 0.3) is 11.6 Å². The lowest BCUT2D eigenvalue weighted by atomic mass is 10.00. The van der Waals surface area contributed by atoms with E-state index in [1.807, 2.05) is 43.3 Å². The number of amides is 1. The monoisotopic (exact) mass is 636 g/mol. The number of methoxy groups -OCH3 is 2. The normalized spacial score (nSPS) is 13.3. The largest absolute Gasteiger partial charge is 0.493 e. The fraction of sp³-hybridized carbons (Fsp3) is 0.162. The van der Waals surface area contributed by atoms with Crippen LogP contribution >= 0.6 is 0 Å². The Morgan fingerprint density at radius 3 is 2.21 bits per heavy atom. The first-order valence-electron chi connectivity index (χ1n) is 14.8. The molecule has 0 heterocycles. The second-order valence-corrected chi connectivity index (χ2v) is 10.6. The van der Waals surface area contributed by atoms with Crippen molar-refractivity contribution >= 4 is 28.8 Å². The van der Waals surface area contributed by atoms with Crippen LogP contribution in [0.2, 0.25) is 0 Å². The highest BCUT2D eigenvalue weighted by molar-refractivity contribution is 6.08. The van der Waals surface area contributed by atoms with Gasteiger partial charge in [-0.05, 0) is 101 Å². The summed E-state index contributed by atoms with van der Waals surface area (Å²) < 4.78 is 37.7. The molecule has 1 aliphatic rings. The molecule has 0 aliphatic heterocycles. The molecule has 4 aromatic rings. The molecule has 4 aromatic carbocycles. The molecular formula is C37H33FN2O7. The highest BCUT2D eigenvalue weighted by Gasteiger charge is 2.26. The minimum atomic E-state index is -0.492. The van der Waals surface area contributed by atoms with E-state index in [4.69, 9.17) is 18.9 Å². The Balaban J connectivity index is 1.43. The van der Waals surface area contributed by atoms with Crippen molar-refractivity contribution in [3.05, 3.63) is 141 Å². The summed E-state index contributed by atoms with van der Waals surface area (Å²) in [5.74, 6) is 0.836. The number of allylic oxidation sites excluding steroid dienone is 3. The van der Waals surface area contributed by atoms with E-state index in [2.05, 4.69) is 5.32 Å². The average Bonchev–Trinajstić information content (AvgIpc) is 3.32. The average molecular weight is 637 g/mol. The number of ether oxygens (including phenoxy) is 4. The van der Waals surface area contributed by atoms with Gasteiger partial charge in [0.1, 0.15) is 11.6 Å². The van der Waals surface area contributed by atoms with Crippen molar-refractivity contribution in [2.24, 2.45) is 0 Å². The summed E-state index contributed by atoms with van der Waals surface area (Å²) in [6.07, 6.45) is 3.61. The van der Waals surface area contributed by atoms with E-state index in [0.29, 0.717) is 34.9 Å². The van der Waals surface area contributed by atoms with Gasteiger partial charge in [0.2, 0.25) is 11.7 Å². The van der Waals surface area contributed by atoms with E-state index in [0.717, 1.165) is 27.8 Å². The van der Waals surface area contributed by atoms with Crippen molar-refractivity contribution in [2.45, 2.75) is 26.8 Å². The molecule has 0 saturated carbocycles. The van der Waals surface area contributed by atoms with Crippen LogP contribution in [0.5, 0.6) is 23.0 Å². The first-order chi connectivity index (χ1) is 22.7. The number of halogens is 1. The van der Waals surface area contributed by atoms with Crippen LogP contribution in [0.3, 0.4) is 0 Å². The van der Waals surface area contributed by atoms with E-state index in [9.17, 15) is 19.3 Å². The number of carbonyl (C=O) groups excluding carboxylic acids is 1. The van der Waals surface area contributed by atoms with Gasteiger partial charge in [0.05, 0.1) is 25.6 Å². The number of nitrogens with zero attached hydrogens (tertiary/aromatic N) is 1. The Morgan fingerprint density at radius 2 is 1.60 bits per heavy atom. The Labute approximate surface area is 271 Å². The summed E-state index contributed by atoms with van der Waals surface area (Å²) in [7, 11) is 2.99. The molecule has 0 saturated heterocycles. The SMILES string of the molecule is CC=C(Oc1ccc([N+](=O)[O-])cc1)Oc1c(OC)cc(/C=C2/C(C)=C(CC(=O)NCc3ccccc3)c3cc(F)ccc32)cc1OC. The lowest BCUT2D eigenvalue weighted by molar-refractivity contribution is -0.384. The van der Waals surface area contributed by atoms with Crippen molar-refractivity contribution in [3.63, 3.8) is 0 Å². The molecule has 1 N–H and O–H groups in total. The molecule has 0 fully saturated rings. The van der Waals surface area contributed by atoms with Crippen molar-refractivity contribution in [2.75, 3.05) is 14.2 Å². The summed E-state index contributed by atoms with van der Waals surface area (Å²) in [4.78, 5) is 23.5. The maximum atomic E-state index is 14.5. The van der Waals surface area contributed by atoms with Crippen LogP contribution in [-0.2, 0) is 11.3 Å².